The molecule has 28 heavy (non-hydrogen) atoms. The molecule has 0 spiro atoms. The van der Waals surface area contributed by atoms with Crippen molar-refractivity contribution < 1.29 is 9.53 Å². The van der Waals surface area contributed by atoms with E-state index in [1.165, 1.54) is 5.56 Å². The van der Waals surface area contributed by atoms with Crippen LogP contribution in [0.25, 0.3) is 0 Å². The van der Waals surface area contributed by atoms with Crippen molar-refractivity contribution >= 4 is 5.91 Å². The Labute approximate surface area is 168 Å². The number of hydrogen-bond donors (Lipinski definition) is 1. The van der Waals surface area contributed by atoms with Crippen LogP contribution in [0, 0.1) is 0 Å². The van der Waals surface area contributed by atoms with Crippen molar-refractivity contribution in [2.24, 2.45) is 0 Å². The summed E-state index contributed by atoms with van der Waals surface area (Å²) >= 11 is 0. The molecule has 5 heteroatoms. The second kappa shape index (κ2) is 10.2. The van der Waals surface area contributed by atoms with Crippen molar-refractivity contribution in [3.8, 4) is 5.75 Å². The second-order valence-electron chi connectivity index (χ2n) is 7.44. The highest BCUT2D eigenvalue weighted by molar-refractivity contribution is 5.80. The van der Waals surface area contributed by atoms with E-state index in [0.29, 0.717) is 18.3 Å². The fourth-order valence-electron chi connectivity index (χ4n) is 3.61. The Morgan fingerprint density at radius 3 is 2.50 bits per heavy atom. The van der Waals surface area contributed by atoms with Gasteiger partial charge in [-0.05, 0) is 38.1 Å². The summed E-state index contributed by atoms with van der Waals surface area (Å²) in [5.74, 6) is 0.648. The first kappa shape index (κ1) is 20.4. The van der Waals surface area contributed by atoms with Crippen molar-refractivity contribution in [1.82, 2.24) is 15.1 Å². The number of nitrogens with one attached hydrogen (secondary N) is 1. The van der Waals surface area contributed by atoms with E-state index in [2.05, 4.69) is 52.5 Å². The molecule has 0 aliphatic carbocycles. The maximum absolute atomic E-state index is 12.3. The number of hydrogen-bond acceptors (Lipinski definition) is 4. The maximum Gasteiger partial charge on any atom is 0.260 e. The van der Waals surface area contributed by atoms with Gasteiger partial charge in [0.15, 0.2) is 6.10 Å². The largest absolute Gasteiger partial charge is 0.481 e. The van der Waals surface area contributed by atoms with Crippen LogP contribution >= 0.6 is 0 Å². The lowest BCUT2D eigenvalue weighted by atomic mass is 10.0. The predicted octanol–water partition coefficient (Wildman–Crippen LogP) is 2.95. The lowest BCUT2D eigenvalue weighted by Gasteiger charge is -2.40. The van der Waals surface area contributed by atoms with E-state index in [9.17, 15) is 4.79 Å². The Balaban J connectivity index is 1.44. The van der Waals surface area contributed by atoms with Gasteiger partial charge in [0.05, 0.1) is 0 Å². The number of ether oxygens (including phenoxy) is 1. The number of amides is 1. The summed E-state index contributed by atoms with van der Waals surface area (Å²) in [6.45, 7) is 6.60. The van der Waals surface area contributed by atoms with Gasteiger partial charge in [-0.15, -0.1) is 0 Å². The molecular weight excluding hydrogens is 350 g/mol. The highest BCUT2D eigenvalue weighted by atomic mass is 16.5. The average Bonchev–Trinajstić information content (AvgIpc) is 2.73. The molecule has 1 N–H and O–H groups in total. The normalized spacial score (nSPS) is 19.1. The van der Waals surface area contributed by atoms with Gasteiger partial charge in [0.25, 0.3) is 5.91 Å². The Hall–Kier alpha value is -2.37. The van der Waals surface area contributed by atoms with Gasteiger partial charge in [-0.2, -0.15) is 0 Å². The number of rotatable bonds is 8. The molecule has 1 aliphatic rings. The highest BCUT2D eigenvalue weighted by Crippen LogP contribution is 2.24. The van der Waals surface area contributed by atoms with E-state index in [1.54, 1.807) is 6.92 Å². The minimum Gasteiger partial charge on any atom is -0.481 e. The number of benzene rings is 2. The standard InChI is InChI=1S/C23H31N3O2/c1-19(28-21-12-7-4-8-13-21)23(27)24-14-9-15-26-17-16-25(2)18-22(26)20-10-5-3-6-11-20/h3-8,10-13,19,22H,9,14-18H2,1-2H3,(H,24,27)/t19-,22-/m0/s1. The minimum atomic E-state index is -0.497. The van der Waals surface area contributed by atoms with Crippen molar-refractivity contribution in [2.45, 2.75) is 25.5 Å². The van der Waals surface area contributed by atoms with E-state index < -0.39 is 6.10 Å². The molecule has 1 heterocycles. The Morgan fingerprint density at radius 1 is 1.11 bits per heavy atom. The van der Waals surface area contributed by atoms with Crippen LogP contribution in [0.15, 0.2) is 60.7 Å². The molecule has 0 bridgehead atoms. The van der Waals surface area contributed by atoms with Crippen LogP contribution in [0.4, 0.5) is 0 Å². The second-order valence-corrected chi connectivity index (χ2v) is 7.44. The Bertz CT molecular complexity index is 723. The van der Waals surface area contributed by atoms with Crippen LogP contribution in [-0.4, -0.2) is 61.6 Å². The van der Waals surface area contributed by atoms with Gasteiger partial charge >= 0.3 is 0 Å². The summed E-state index contributed by atoms with van der Waals surface area (Å²) in [5.41, 5.74) is 1.36. The van der Waals surface area contributed by atoms with Crippen LogP contribution < -0.4 is 10.1 Å². The van der Waals surface area contributed by atoms with Gasteiger partial charge in [-0.3, -0.25) is 9.69 Å². The summed E-state index contributed by atoms with van der Waals surface area (Å²) in [6.07, 6.45) is 0.430. The summed E-state index contributed by atoms with van der Waals surface area (Å²) in [6, 6.07) is 20.6. The lowest BCUT2D eigenvalue weighted by molar-refractivity contribution is -0.127. The van der Waals surface area contributed by atoms with Crippen LogP contribution in [-0.2, 0) is 4.79 Å². The monoisotopic (exact) mass is 381 g/mol. The number of para-hydroxylation sites is 1. The van der Waals surface area contributed by atoms with E-state index in [-0.39, 0.29) is 5.91 Å². The molecule has 0 unspecified atom stereocenters. The van der Waals surface area contributed by atoms with Crippen molar-refractivity contribution in [3.63, 3.8) is 0 Å². The fourth-order valence-corrected chi connectivity index (χ4v) is 3.61. The number of nitrogens with zero attached hydrogens (tertiary/aromatic N) is 2. The first-order valence-electron chi connectivity index (χ1n) is 10.1. The summed E-state index contributed by atoms with van der Waals surface area (Å²) < 4.78 is 5.68. The zero-order chi connectivity index (χ0) is 19.8. The van der Waals surface area contributed by atoms with Crippen LogP contribution in [0.3, 0.4) is 0 Å². The topological polar surface area (TPSA) is 44.8 Å². The molecular formula is C23H31N3O2. The van der Waals surface area contributed by atoms with Crippen LogP contribution in [0.1, 0.15) is 24.9 Å². The number of piperazine rings is 1. The third-order valence-corrected chi connectivity index (χ3v) is 5.23. The molecule has 2 aromatic rings. The first-order chi connectivity index (χ1) is 13.6. The van der Waals surface area contributed by atoms with Gasteiger partial charge in [-0.1, -0.05) is 48.5 Å². The van der Waals surface area contributed by atoms with Gasteiger partial charge in [-0.25, -0.2) is 0 Å². The van der Waals surface area contributed by atoms with Crippen molar-refractivity contribution in [2.75, 3.05) is 39.8 Å². The maximum atomic E-state index is 12.3. The van der Waals surface area contributed by atoms with E-state index in [0.717, 1.165) is 32.6 Å². The molecule has 0 aromatic heterocycles. The van der Waals surface area contributed by atoms with Crippen LogP contribution in [0.5, 0.6) is 5.75 Å². The van der Waals surface area contributed by atoms with Gasteiger partial charge in [0.1, 0.15) is 5.75 Å². The summed E-state index contributed by atoms with van der Waals surface area (Å²) in [4.78, 5) is 17.2. The molecule has 2 atom stereocenters. The van der Waals surface area contributed by atoms with Crippen LogP contribution in [0.2, 0.25) is 0 Å². The van der Waals surface area contributed by atoms with E-state index >= 15 is 0 Å². The summed E-state index contributed by atoms with van der Waals surface area (Å²) in [5, 5.41) is 3.00. The molecule has 0 saturated carbocycles. The van der Waals surface area contributed by atoms with Gasteiger partial charge in [0.2, 0.25) is 0 Å². The molecule has 5 nitrogen and oxygen atoms in total. The summed E-state index contributed by atoms with van der Waals surface area (Å²) in [7, 11) is 2.18. The average molecular weight is 382 g/mol. The lowest BCUT2D eigenvalue weighted by Crippen LogP contribution is -2.47. The van der Waals surface area contributed by atoms with E-state index in [4.69, 9.17) is 4.74 Å². The third kappa shape index (κ3) is 5.81. The molecule has 1 fully saturated rings. The minimum absolute atomic E-state index is 0.0677. The molecule has 1 aliphatic heterocycles. The SMILES string of the molecule is C[C@H](Oc1ccccc1)C(=O)NCCCN1CCN(C)C[C@H]1c1ccccc1. The molecule has 1 saturated heterocycles. The molecule has 150 valence electrons. The van der Waals surface area contributed by atoms with Gasteiger partial charge < -0.3 is 15.0 Å². The number of carbonyl (C=O) groups excluding carboxylic acids is 1. The predicted molar refractivity (Wildman–Crippen MR) is 112 cm³/mol. The number of carbonyl (C=O) groups is 1. The Morgan fingerprint density at radius 2 is 1.79 bits per heavy atom. The van der Waals surface area contributed by atoms with Crippen molar-refractivity contribution in [3.05, 3.63) is 66.2 Å². The van der Waals surface area contributed by atoms with Gasteiger partial charge in [0, 0.05) is 38.8 Å². The molecule has 3 rings (SSSR count). The third-order valence-electron chi connectivity index (χ3n) is 5.23. The van der Waals surface area contributed by atoms with E-state index in [1.807, 2.05) is 30.3 Å². The molecule has 0 radical (unpaired) electrons. The highest BCUT2D eigenvalue weighted by Gasteiger charge is 2.26. The Kier molecular flexibility index (Phi) is 7.46. The molecule has 1 amide bonds. The molecule has 2 aromatic carbocycles. The first-order valence-corrected chi connectivity index (χ1v) is 10.1. The van der Waals surface area contributed by atoms with Crippen molar-refractivity contribution in [1.29, 1.82) is 0 Å². The fraction of sp³-hybridized carbons (Fsp3) is 0.435. The quantitative estimate of drug-likeness (QED) is 0.714. The smallest absolute Gasteiger partial charge is 0.260 e. The zero-order valence-corrected chi connectivity index (χ0v) is 16.9. The number of likely N-dealkylation sites (N-methyl/N-ethyl adjacent to an activating group) is 1. The zero-order valence-electron chi connectivity index (χ0n) is 16.9.